The molecule has 3 rings (SSSR count). The summed E-state index contributed by atoms with van der Waals surface area (Å²) in [4.78, 5) is 0. The molecule has 1 atom stereocenters. The van der Waals surface area contributed by atoms with Gasteiger partial charge in [0.05, 0.1) is 7.11 Å². The summed E-state index contributed by atoms with van der Waals surface area (Å²) in [5, 5.41) is 14.1. The fourth-order valence-corrected chi connectivity index (χ4v) is 2.96. The van der Waals surface area contributed by atoms with Gasteiger partial charge < -0.3 is 15.2 Å². The van der Waals surface area contributed by atoms with Crippen LogP contribution in [0.1, 0.15) is 22.7 Å². The molecule has 3 aromatic rings. The first-order valence-corrected chi connectivity index (χ1v) is 8.45. The summed E-state index contributed by atoms with van der Waals surface area (Å²) >= 11 is 0. The van der Waals surface area contributed by atoms with Gasteiger partial charge in [0.15, 0.2) is 11.5 Å². The molecule has 3 nitrogen and oxygen atoms in total. The van der Waals surface area contributed by atoms with E-state index in [0.29, 0.717) is 5.75 Å². The minimum absolute atomic E-state index is 0. The van der Waals surface area contributed by atoms with Crippen LogP contribution in [0.4, 0.5) is 0 Å². The van der Waals surface area contributed by atoms with E-state index in [1.165, 1.54) is 11.1 Å². The molecule has 0 amide bonds. The summed E-state index contributed by atoms with van der Waals surface area (Å²) < 4.78 is 5.27. The number of halogens is 1. The monoisotopic (exact) mass is 369 g/mol. The van der Waals surface area contributed by atoms with Crippen molar-refractivity contribution in [1.82, 2.24) is 5.32 Å². The molecule has 0 radical (unpaired) electrons. The zero-order chi connectivity index (χ0) is 17.5. The van der Waals surface area contributed by atoms with E-state index in [9.17, 15) is 5.11 Å². The van der Waals surface area contributed by atoms with Crippen LogP contribution in [0.25, 0.3) is 0 Å². The van der Waals surface area contributed by atoms with Crippen molar-refractivity contribution in [3.63, 3.8) is 0 Å². The Balaban J connectivity index is 0.00000243. The van der Waals surface area contributed by atoms with Crippen molar-refractivity contribution in [3.8, 4) is 11.5 Å². The average molecular weight is 370 g/mol. The molecule has 0 heterocycles. The van der Waals surface area contributed by atoms with Crippen molar-refractivity contribution in [3.05, 3.63) is 95.6 Å². The number of phenolic OH excluding ortho intramolecular Hbond substituents is 1. The van der Waals surface area contributed by atoms with Crippen LogP contribution < -0.4 is 10.1 Å². The highest BCUT2D eigenvalue weighted by molar-refractivity contribution is 5.85. The lowest BCUT2D eigenvalue weighted by Gasteiger charge is -2.21. The van der Waals surface area contributed by atoms with Crippen LogP contribution in [0.2, 0.25) is 0 Å². The van der Waals surface area contributed by atoms with Gasteiger partial charge in [0, 0.05) is 18.2 Å². The number of nitrogens with one attached hydrogen (secondary N) is 1. The molecule has 0 aliphatic heterocycles. The van der Waals surface area contributed by atoms with E-state index in [4.69, 9.17) is 4.74 Å². The summed E-state index contributed by atoms with van der Waals surface area (Å²) in [6, 6.07) is 26.2. The zero-order valence-electron chi connectivity index (χ0n) is 14.8. The summed E-state index contributed by atoms with van der Waals surface area (Å²) in [7, 11) is 1.57. The van der Waals surface area contributed by atoms with Gasteiger partial charge in [-0.15, -0.1) is 12.4 Å². The number of ether oxygens (including phenoxy) is 1. The zero-order valence-corrected chi connectivity index (χ0v) is 15.6. The van der Waals surface area contributed by atoms with E-state index in [2.05, 4.69) is 29.6 Å². The minimum Gasteiger partial charge on any atom is -0.504 e. The van der Waals surface area contributed by atoms with Gasteiger partial charge in [-0.1, -0.05) is 72.8 Å². The quantitative estimate of drug-likeness (QED) is 0.622. The van der Waals surface area contributed by atoms with Crippen LogP contribution in [0.15, 0.2) is 78.9 Å². The van der Waals surface area contributed by atoms with Gasteiger partial charge in [0.25, 0.3) is 0 Å². The van der Waals surface area contributed by atoms with Crippen molar-refractivity contribution in [1.29, 1.82) is 0 Å². The molecule has 1 unspecified atom stereocenters. The molecule has 0 saturated heterocycles. The van der Waals surface area contributed by atoms with Crippen LogP contribution in [-0.2, 0) is 13.0 Å². The first-order chi connectivity index (χ1) is 12.3. The highest BCUT2D eigenvalue weighted by Crippen LogP contribution is 2.34. The topological polar surface area (TPSA) is 41.5 Å². The largest absolute Gasteiger partial charge is 0.504 e. The van der Waals surface area contributed by atoms with Crippen molar-refractivity contribution < 1.29 is 9.84 Å². The Bertz CT molecular complexity index is 794. The van der Waals surface area contributed by atoms with Crippen molar-refractivity contribution in [2.75, 3.05) is 7.11 Å². The fourth-order valence-electron chi connectivity index (χ4n) is 2.96. The first-order valence-electron chi connectivity index (χ1n) is 8.45. The summed E-state index contributed by atoms with van der Waals surface area (Å²) in [6.07, 6.45) is 0.786. The Kier molecular flexibility index (Phi) is 7.52. The highest BCUT2D eigenvalue weighted by atomic mass is 35.5. The van der Waals surface area contributed by atoms with Gasteiger partial charge in [-0.3, -0.25) is 0 Å². The van der Waals surface area contributed by atoms with Gasteiger partial charge in [0.2, 0.25) is 0 Å². The van der Waals surface area contributed by atoms with E-state index in [0.717, 1.165) is 18.5 Å². The molecule has 0 aliphatic rings. The van der Waals surface area contributed by atoms with Gasteiger partial charge >= 0.3 is 0 Å². The lowest BCUT2D eigenvalue weighted by atomic mass is 9.97. The predicted molar refractivity (Wildman–Crippen MR) is 108 cm³/mol. The molecule has 3 aromatic carbocycles. The predicted octanol–water partition coefficient (Wildman–Crippen LogP) is 4.90. The van der Waals surface area contributed by atoms with Crippen molar-refractivity contribution in [2.45, 2.75) is 19.0 Å². The Hall–Kier alpha value is -2.49. The molecule has 0 aliphatic carbocycles. The second kappa shape index (κ2) is 9.85. The van der Waals surface area contributed by atoms with E-state index in [1.807, 2.05) is 48.5 Å². The molecule has 2 N–H and O–H groups in total. The SMILES string of the molecule is COc1cccc(C(Cc2ccccc2)NCc2ccccc2)c1O.Cl. The Morgan fingerprint density at radius 3 is 2.08 bits per heavy atom. The summed E-state index contributed by atoms with van der Waals surface area (Å²) in [5.41, 5.74) is 3.28. The third-order valence-corrected chi connectivity index (χ3v) is 4.30. The number of benzene rings is 3. The Morgan fingerprint density at radius 2 is 1.46 bits per heavy atom. The van der Waals surface area contributed by atoms with Gasteiger partial charge in [-0.2, -0.15) is 0 Å². The molecule has 136 valence electrons. The maximum Gasteiger partial charge on any atom is 0.162 e. The molecule has 0 saturated carbocycles. The van der Waals surface area contributed by atoms with E-state index < -0.39 is 0 Å². The molecule has 26 heavy (non-hydrogen) atoms. The second-order valence-electron chi connectivity index (χ2n) is 6.01. The van der Waals surface area contributed by atoms with Gasteiger partial charge in [-0.05, 0) is 23.6 Å². The molecule has 0 spiro atoms. The van der Waals surface area contributed by atoms with Crippen LogP contribution in [-0.4, -0.2) is 12.2 Å². The average Bonchev–Trinajstić information content (AvgIpc) is 2.67. The summed E-state index contributed by atoms with van der Waals surface area (Å²) in [5.74, 6) is 0.698. The van der Waals surface area contributed by atoms with Gasteiger partial charge in [-0.25, -0.2) is 0 Å². The van der Waals surface area contributed by atoms with Crippen LogP contribution in [0.5, 0.6) is 11.5 Å². The van der Waals surface area contributed by atoms with Crippen LogP contribution in [0.3, 0.4) is 0 Å². The lowest BCUT2D eigenvalue weighted by molar-refractivity contribution is 0.365. The molecule has 0 fully saturated rings. The fraction of sp³-hybridized carbons (Fsp3) is 0.182. The van der Waals surface area contributed by atoms with Crippen molar-refractivity contribution >= 4 is 12.4 Å². The van der Waals surface area contributed by atoms with E-state index >= 15 is 0 Å². The number of methoxy groups -OCH3 is 1. The maximum atomic E-state index is 10.6. The molecular weight excluding hydrogens is 346 g/mol. The minimum atomic E-state index is -0.0160. The Labute approximate surface area is 161 Å². The Morgan fingerprint density at radius 1 is 0.846 bits per heavy atom. The summed E-state index contributed by atoms with van der Waals surface area (Å²) in [6.45, 7) is 0.731. The van der Waals surface area contributed by atoms with Crippen molar-refractivity contribution in [2.24, 2.45) is 0 Å². The number of hydrogen-bond acceptors (Lipinski definition) is 3. The third kappa shape index (κ3) is 5.01. The number of rotatable bonds is 7. The first kappa shape index (κ1) is 19.8. The molecular formula is C22H24ClNO2. The maximum absolute atomic E-state index is 10.6. The van der Waals surface area contributed by atoms with Crippen LogP contribution >= 0.6 is 12.4 Å². The standard InChI is InChI=1S/C22H23NO2.ClH/c1-25-21-14-8-13-19(22(21)24)20(15-17-9-4-2-5-10-17)23-16-18-11-6-3-7-12-18;/h2-14,20,23-24H,15-16H2,1H3;1H. The number of phenols is 1. The normalized spacial score (nSPS) is 11.4. The number of aromatic hydroxyl groups is 1. The second-order valence-corrected chi connectivity index (χ2v) is 6.01. The highest BCUT2D eigenvalue weighted by Gasteiger charge is 2.18. The number of hydrogen-bond donors (Lipinski definition) is 2. The smallest absolute Gasteiger partial charge is 0.162 e. The van der Waals surface area contributed by atoms with E-state index in [-0.39, 0.29) is 24.2 Å². The lowest BCUT2D eigenvalue weighted by Crippen LogP contribution is -2.23. The molecule has 4 heteroatoms. The molecule has 0 aromatic heterocycles. The molecule has 0 bridgehead atoms. The van der Waals surface area contributed by atoms with E-state index in [1.54, 1.807) is 13.2 Å². The van der Waals surface area contributed by atoms with Gasteiger partial charge in [0.1, 0.15) is 0 Å². The van der Waals surface area contributed by atoms with Crippen LogP contribution in [0, 0.1) is 0 Å². The third-order valence-electron chi connectivity index (χ3n) is 4.30. The number of para-hydroxylation sites is 1.